The summed E-state index contributed by atoms with van der Waals surface area (Å²) < 4.78 is 2.04. The molecule has 2 aromatic rings. The first-order valence-electron chi connectivity index (χ1n) is 6.65. The van der Waals surface area contributed by atoms with E-state index in [0.717, 1.165) is 22.9 Å². The zero-order valence-electron chi connectivity index (χ0n) is 12.5. The summed E-state index contributed by atoms with van der Waals surface area (Å²) >= 11 is 1.65. The van der Waals surface area contributed by atoms with Crippen molar-refractivity contribution in [3.63, 3.8) is 0 Å². The van der Waals surface area contributed by atoms with Gasteiger partial charge in [-0.3, -0.25) is 4.40 Å². The van der Waals surface area contributed by atoms with Gasteiger partial charge in [-0.15, -0.1) is 0 Å². The van der Waals surface area contributed by atoms with Gasteiger partial charge in [0.15, 0.2) is 0 Å². The molecule has 6 heteroatoms. The van der Waals surface area contributed by atoms with Crippen LogP contribution in [0.1, 0.15) is 24.0 Å². The topological polar surface area (TPSA) is 62.5 Å². The molecule has 0 spiro atoms. The molecule has 2 heterocycles. The molecule has 1 unspecified atom stereocenters. The number of aliphatic hydroxyl groups is 1. The Morgan fingerprint density at radius 3 is 2.90 bits per heavy atom. The van der Waals surface area contributed by atoms with Gasteiger partial charge in [-0.2, -0.15) is 11.8 Å². The summed E-state index contributed by atoms with van der Waals surface area (Å²) in [6.07, 6.45) is 3.83. The van der Waals surface area contributed by atoms with E-state index in [4.69, 9.17) is 0 Å². The van der Waals surface area contributed by atoms with Crippen molar-refractivity contribution >= 4 is 17.5 Å². The van der Waals surface area contributed by atoms with Crippen molar-refractivity contribution in [3.8, 4) is 0 Å². The molecule has 0 aliphatic carbocycles. The molecule has 0 saturated heterocycles. The standard InChI is InChI=1S/C14H22N4OS/c1-10-5-11(2)18-12(7-16-13(18)17-10)6-15-8-14(3,19)9-20-4/h5,7,15,19H,6,8-9H2,1-4H3. The van der Waals surface area contributed by atoms with Crippen molar-refractivity contribution in [2.45, 2.75) is 32.9 Å². The van der Waals surface area contributed by atoms with Crippen molar-refractivity contribution in [2.24, 2.45) is 0 Å². The SMILES string of the molecule is CSCC(C)(O)CNCc1cnc2nc(C)cc(C)n12. The first-order valence-corrected chi connectivity index (χ1v) is 8.05. The number of aromatic nitrogens is 3. The van der Waals surface area contributed by atoms with Gasteiger partial charge in [0.05, 0.1) is 17.5 Å². The van der Waals surface area contributed by atoms with Gasteiger partial charge in [0.25, 0.3) is 0 Å². The van der Waals surface area contributed by atoms with Crippen LogP contribution >= 0.6 is 11.8 Å². The van der Waals surface area contributed by atoms with Crippen LogP contribution in [0, 0.1) is 13.8 Å². The molecule has 20 heavy (non-hydrogen) atoms. The fourth-order valence-corrected chi connectivity index (χ4v) is 3.07. The van der Waals surface area contributed by atoms with Crippen LogP contribution in [0.2, 0.25) is 0 Å². The van der Waals surface area contributed by atoms with Gasteiger partial charge >= 0.3 is 0 Å². The molecule has 0 aliphatic heterocycles. The third-order valence-electron chi connectivity index (χ3n) is 3.13. The second kappa shape index (κ2) is 6.11. The lowest BCUT2D eigenvalue weighted by molar-refractivity contribution is 0.0845. The Kier molecular flexibility index (Phi) is 4.67. The van der Waals surface area contributed by atoms with E-state index in [2.05, 4.69) is 22.2 Å². The smallest absolute Gasteiger partial charge is 0.234 e. The summed E-state index contributed by atoms with van der Waals surface area (Å²) in [6.45, 7) is 7.09. The minimum absolute atomic E-state index is 0.555. The lowest BCUT2D eigenvalue weighted by Gasteiger charge is -2.22. The minimum atomic E-state index is -0.691. The first-order chi connectivity index (χ1) is 9.43. The van der Waals surface area contributed by atoms with Crippen LogP contribution in [0.3, 0.4) is 0 Å². The molecule has 0 amide bonds. The van der Waals surface area contributed by atoms with Crippen molar-refractivity contribution < 1.29 is 5.11 Å². The third kappa shape index (κ3) is 3.50. The average Bonchev–Trinajstić information content (AvgIpc) is 2.72. The minimum Gasteiger partial charge on any atom is -0.388 e. The Morgan fingerprint density at radius 2 is 2.20 bits per heavy atom. The van der Waals surface area contributed by atoms with Crippen molar-refractivity contribution in [3.05, 3.63) is 29.3 Å². The number of nitrogens with zero attached hydrogens (tertiary/aromatic N) is 3. The van der Waals surface area contributed by atoms with E-state index in [-0.39, 0.29) is 0 Å². The second-order valence-corrected chi connectivity index (χ2v) is 6.32. The highest BCUT2D eigenvalue weighted by atomic mass is 32.2. The maximum Gasteiger partial charge on any atom is 0.234 e. The van der Waals surface area contributed by atoms with Crippen LogP contribution in [-0.2, 0) is 6.54 Å². The van der Waals surface area contributed by atoms with Gasteiger partial charge in [0, 0.05) is 30.2 Å². The Morgan fingerprint density at radius 1 is 1.45 bits per heavy atom. The van der Waals surface area contributed by atoms with Crippen LogP contribution < -0.4 is 5.32 Å². The van der Waals surface area contributed by atoms with E-state index in [9.17, 15) is 5.11 Å². The maximum atomic E-state index is 10.1. The molecule has 2 aromatic heterocycles. The number of fused-ring (bicyclic) bond motifs is 1. The highest BCUT2D eigenvalue weighted by Gasteiger charge is 2.19. The van der Waals surface area contributed by atoms with E-state index in [1.54, 1.807) is 11.8 Å². The molecule has 0 bridgehead atoms. The van der Waals surface area contributed by atoms with E-state index in [1.165, 1.54) is 0 Å². The predicted octanol–water partition coefficient (Wildman–Crippen LogP) is 1.55. The number of rotatable bonds is 6. The lowest BCUT2D eigenvalue weighted by atomic mass is 10.1. The molecule has 1 atom stereocenters. The lowest BCUT2D eigenvalue weighted by Crippen LogP contribution is -2.39. The fourth-order valence-electron chi connectivity index (χ4n) is 2.34. The normalized spacial score (nSPS) is 14.7. The Balaban J connectivity index is 2.08. The van der Waals surface area contributed by atoms with Crippen LogP contribution in [-0.4, -0.2) is 43.6 Å². The second-order valence-electron chi connectivity index (χ2n) is 5.46. The van der Waals surface area contributed by atoms with Crippen LogP contribution in [0.4, 0.5) is 0 Å². The molecule has 0 aliphatic rings. The quantitative estimate of drug-likeness (QED) is 0.846. The zero-order chi connectivity index (χ0) is 14.8. The average molecular weight is 294 g/mol. The molecule has 0 radical (unpaired) electrons. The maximum absolute atomic E-state index is 10.1. The van der Waals surface area contributed by atoms with Crippen LogP contribution in [0.5, 0.6) is 0 Å². The first kappa shape index (κ1) is 15.3. The van der Waals surface area contributed by atoms with Gasteiger partial charge in [0.1, 0.15) is 0 Å². The Bertz CT molecular complexity index is 594. The molecule has 0 aromatic carbocycles. The summed E-state index contributed by atoms with van der Waals surface area (Å²) in [5, 5.41) is 13.4. The van der Waals surface area contributed by atoms with Crippen LogP contribution in [0.25, 0.3) is 5.78 Å². The summed E-state index contributed by atoms with van der Waals surface area (Å²) in [7, 11) is 0. The number of thioether (sulfide) groups is 1. The Labute approximate surface area is 123 Å². The summed E-state index contributed by atoms with van der Waals surface area (Å²) in [5.41, 5.74) is 2.47. The summed E-state index contributed by atoms with van der Waals surface area (Å²) in [4.78, 5) is 8.75. The highest BCUT2D eigenvalue weighted by molar-refractivity contribution is 7.98. The van der Waals surface area contributed by atoms with E-state index in [1.807, 2.05) is 36.8 Å². The van der Waals surface area contributed by atoms with Crippen molar-refractivity contribution in [2.75, 3.05) is 18.6 Å². The molecule has 5 nitrogen and oxygen atoms in total. The van der Waals surface area contributed by atoms with Gasteiger partial charge in [-0.1, -0.05) is 0 Å². The molecule has 2 N–H and O–H groups in total. The largest absolute Gasteiger partial charge is 0.388 e. The summed E-state index contributed by atoms with van der Waals surface area (Å²) in [5.74, 6) is 1.45. The van der Waals surface area contributed by atoms with Gasteiger partial charge in [0.2, 0.25) is 5.78 Å². The van der Waals surface area contributed by atoms with Gasteiger partial charge < -0.3 is 10.4 Å². The van der Waals surface area contributed by atoms with E-state index < -0.39 is 5.60 Å². The number of hydrogen-bond acceptors (Lipinski definition) is 5. The fraction of sp³-hybridized carbons (Fsp3) is 0.571. The third-order valence-corrected chi connectivity index (χ3v) is 4.04. The highest BCUT2D eigenvalue weighted by Crippen LogP contribution is 2.12. The number of hydrogen-bond donors (Lipinski definition) is 2. The Hall–Kier alpha value is -1.11. The van der Waals surface area contributed by atoms with Crippen LogP contribution in [0.15, 0.2) is 12.3 Å². The van der Waals surface area contributed by atoms with Gasteiger partial charge in [-0.25, -0.2) is 9.97 Å². The molecule has 0 fully saturated rings. The molecule has 110 valence electrons. The zero-order valence-corrected chi connectivity index (χ0v) is 13.3. The molecular weight excluding hydrogens is 272 g/mol. The van der Waals surface area contributed by atoms with Crippen molar-refractivity contribution in [1.82, 2.24) is 19.7 Å². The van der Waals surface area contributed by atoms with E-state index >= 15 is 0 Å². The monoisotopic (exact) mass is 294 g/mol. The summed E-state index contributed by atoms with van der Waals surface area (Å²) in [6, 6.07) is 2.04. The predicted molar refractivity (Wildman–Crippen MR) is 83.2 cm³/mol. The number of imidazole rings is 1. The van der Waals surface area contributed by atoms with Gasteiger partial charge in [-0.05, 0) is 33.1 Å². The van der Waals surface area contributed by atoms with E-state index in [0.29, 0.717) is 18.8 Å². The number of nitrogens with one attached hydrogen (secondary N) is 1. The molecule has 0 saturated carbocycles. The molecule has 2 rings (SSSR count). The van der Waals surface area contributed by atoms with Crippen molar-refractivity contribution in [1.29, 1.82) is 0 Å². The number of aryl methyl sites for hydroxylation is 2. The molecular formula is C14H22N4OS.